The maximum Gasteiger partial charge on any atom is 0.306 e. The van der Waals surface area contributed by atoms with Crippen LogP contribution in [0.1, 0.15) is 54.4 Å². The predicted octanol–water partition coefficient (Wildman–Crippen LogP) is 5.85. The van der Waals surface area contributed by atoms with Gasteiger partial charge < -0.3 is 5.11 Å². The van der Waals surface area contributed by atoms with Crippen LogP contribution in [0.2, 0.25) is 0 Å². The first kappa shape index (κ1) is 19.2. The molecule has 0 fully saturated rings. The number of rotatable bonds is 5. The van der Waals surface area contributed by atoms with Crippen molar-refractivity contribution >= 4 is 5.97 Å². The summed E-state index contributed by atoms with van der Waals surface area (Å²) in [7, 11) is 0. The van der Waals surface area contributed by atoms with Gasteiger partial charge in [0.05, 0.1) is 5.92 Å². The first-order valence-electron chi connectivity index (χ1n) is 8.26. The highest BCUT2D eigenvalue weighted by atomic mass is 16.4. The summed E-state index contributed by atoms with van der Waals surface area (Å²) in [6.45, 7) is 12.5. The monoisotopic (exact) mass is 314 g/mol. The van der Waals surface area contributed by atoms with Gasteiger partial charge in [-0.15, -0.1) is 0 Å². The zero-order chi connectivity index (χ0) is 17.6. The van der Waals surface area contributed by atoms with Crippen molar-refractivity contribution in [3.8, 4) is 0 Å². The smallest absolute Gasteiger partial charge is 0.306 e. The summed E-state index contributed by atoms with van der Waals surface area (Å²) in [6, 6.07) is 0. The van der Waals surface area contributed by atoms with Gasteiger partial charge in [-0.2, -0.15) is 0 Å². The van der Waals surface area contributed by atoms with E-state index in [0.29, 0.717) is 12.8 Å². The highest BCUT2D eigenvalue weighted by molar-refractivity contribution is 5.71. The Morgan fingerprint density at radius 1 is 1.22 bits per heavy atom. The largest absolute Gasteiger partial charge is 0.481 e. The van der Waals surface area contributed by atoms with Crippen LogP contribution in [0.25, 0.3) is 0 Å². The molecule has 1 aliphatic rings. The molecule has 2 heteroatoms. The molecule has 0 aliphatic heterocycles. The summed E-state index contributed by atoms with van der Waals surface area (Å²) in [5.74, 6) is -0.938. The molecule has 1 unspecified atom stereocenters. The molecule has 0 bridgehead atoms. The molecule has 0 aromatic heterocycles. The molecule has 0 aromatic rings. The first-order valence-corrected chi connectivity index (χ1v) is 8.26. The number of carboxylic acids is 1. The number of aliphatic carboxylic acids is 1. The summed E-state index contributed by atoms with van der Waals surface area (Å²) >= 11 is 0. The highest BCUT2D eigenvalue weighted by Crippen LogP contribution is 2.43. The van der Waals surface area contributed by atoms with E-state index in [0.717, 1.165) is 0 Å². The Balaban J connectivity index is 2.93. The standard InChI is InChI=1S/C21H30O2/c1-7-15(2)9-8-10-16(3)11-12-19-17(4)13-18(20(22)23)14-21(19,5)6/h7-12,18H,13-14H2,1-6H3,(H,22,23)/b9-8?,12-11+,15-7?,16-10+. The summed E-state index contributed by atoms with van der Waals surface area (Å²) in [6.07, 6.45) is 14.0. The second kappa shape index (κ2) is 8.14. The molecular weight excluding hydrogens is 284 g/mol. The fourth-order valence-corrected chi connectivity index (χ4v) is 3.12. The third-order valence-corrected chi connectivity index (χ3v) is 4.53. The molecule has 1 aliphatic carbocycles. The maximum atomic E-state index is 11.3. The van der Waals surface area contributed by atoms with Crippen LogP contribution in [0.4, 0.5) is 0 Å². The van der Waals surface area contributed by atoms with Gasteiger partial charge in [-0.1, -0.05) is 67.0 Å². The lowest BCUT2D eigenvalue weighted by molar-refractivity contribution is -0.142. The molecule has 0 amide bonds. The van der Waals surface area contributed by atoms with Crippen molar-refractivity contribution in [2.75, 3.05) is 0 Å². The van der Waals surface area contributed by atoms with E-state index in [2.05, 4.69) is 71.1 Å². The van der Waals surface area contributed by atoms with Crippen LogP contribution in [-0.2, 0) is 4.79 Å². The van der Waals surface area contributed by atoms with Gasteiger partial charge in [0.1, 0.15) is 0 Å². The molecule has 0 spiro atoms. The Labute approximate surface area is 141 Å². The van der Waals surface area contributed by atoms with Gasteiger partial charge in [-0.05, 0) is 51.5 Å². The summed E-state index contributed by atoms with van der Waals surface area (Å²) < 4.78 is 0. The van der Waals surface area contributed by atoms with Gasteiger partial charge >= 0.3 is 5.97 Å². The average molecular weight is 314 g/mol. The number of allylic oxidation sites excluding steroid dienone is 10. The summed E-state index contributed by atoms with van der Waals surface area (Å²) in [4.78, 5) is 11.3. The average Bonchev–Trinajstić information content (AvgIpc) is 2.45. The molecule has 1 N–H and O–H groups in total. The second-order valence-corrected chi connectivity index (χ2v) is 7.16. The van der Waals surface area contributed by atoms with Crippen molar-refractivity contribution < 1.29 is 9.90 Å². The van der Waals surface area contributed by atoms with Crippen molar-refractivity contribution in [2.45, 2.75) is 54.4 Å². The molecule has 23 heavy (non-hydrogen) atoms. The van der Waals surface area contributed by atoms with E-state index < -0.39 is 5.97 Å². The summed E-state index contributed by atoms with van der Waals surface area (Å²) in [5.41, 5.74) is 4.79. The molecule has 126 valence electrons. The second-order valence-electron chi connectivity index (χ2n) is 7.16. The molecule has 0 radical (unpaired) electrons. The molecule has 2 nitrogen and oxygen atoms in total. The Kier molecular flexibility index (Phi) is 6.80. The van der Waals surface area contributed by atoms with Crippen LogP contribution >= 0.6 is 0 Å². The fraction of sp³-hybridized carbons (Fsp3) is 0.476. The fourth-order valence-electron chi connectivity index (χ4n) is 3.12. The third-order valence-electron chi connectivity index (χ3n) is 4.53. The van der Waals surface area contributed by atoms with Gasteiger partial charge in [-0.25, -0.2) is 0 Å². The lowest BCUT2D eigenvalue weighted by Gasteiger charge is -2.36. The van der Waals surface area contributed by atoms with Gasteiger partial charge in [0.2, 0.25) is 0 Å². The van der Waals surface area contributed by atoms with E-state index in [1.807, 2.05) is 6.92 Å². The van der Waals surface area contributed by atoms with Crippen LogP contribution in [-0.4, -0.2) is 11.1 Å². The predicted molar refractivity (Wildman–Crippen MR) is 98.3 cm³/mol. The Bertz CT molecular complexity index is 595. The molecule has 0 aromatic carbocycles. The van der Waals surface area contributed by atoms with Gasteiger partial charge in [0, 0.05) is 0 Å². The minimum atomic E-state index is -0.680. The minimum Gasteiger partial charge on any atom is -0.481 e. The summed E-state index contributed by atoms with van der Waals surface area (Å²) in [5, 5.41) is 9.29. The van der Waals surface area contributed by atoms with Gasteiger partial charge in [0.15, 0.2) is 0 Å². The van der Waals surface area contributed by atoms with Crippen LogP contribution < -0.4 is 0 Å². The number of hydrogen-bond donors (Lipinski definition) is 1. The van der Waals surface area contributed by atoms with E-state index in [9.17, 15) is 9.90 Å². The molecular formula is C21H30O2. The van der Waals surface area contributed by atoms with Crippen LogP contribution in [0, 0.1) is 11.3 Å². The van der Waals surface area contributed by atoms with E-state index in [-0.39, 0.29) is 11.3 Å². The van der Waals surface area contributed by atoms with Crippen molar-refractivity contribution in [2.24, 2.45) is 11.3 Å². The van der Waals surface area contributed by atoms with Crippen molar-refractivity contribution in [3.63, 3.8) is 0 Å². The molecule has 0 heterocycles. The van der Waals surface area contributed by atoms with Crippen molar-refractivity contribution in [3.05, 3.63) is 58.7 Å². The van der Waals surface area contributed by atoms with E-state index in [1.54, 1.807) is 0 Å². The normalized spacial score (nSPS) is 23.1. The minimum absolute atomic E-state index is 0.0977. The zero-order valence-electron chi connectivity index (χ0n) is 15.3. The quantitative estimate of drug-likeness (QED) is 0.646. The number of hydrogen-bond acceptors (Lipinski definition) is 1. The van der Waals surface area contributed by atoms with Gasteiger partial charge in [-0.3, -0.25) is 4.79 Å². The molecule has 0 saturated heterocycles. The van der Waals surface area contributed by atoms with E-state index in [1.165, 1.54) is 22.3 Å². The van der Waals surface area contributed by atoms with E-state index >= 15 is 0 Å². The van der Waals surface area contributed by atoms with Crippen LogP contribution in [0.3, 0.4) is 0 Å². The highest BCUT2D eigenvalue weighted by Gasteiger charge is 2.35. The lowest BCUT2D eigenvalue weighted by atomic mass is 9.68. The van der Waals surface area contributed by atoms with Crippen LogP contribution in [0.5, 0.6) is 0 Å². The molecule has 0 saturated carbocycles. The Morgan fingerprint density at radius 2 is 1.87 bits per heavy atom. The Hall–Kier alpha value is -1.83. The van der Waals surface area contributed by atoms with E-state index in [4.69, 9.17) is 0 Å². The lowest BCUT2D eigenvalue weighted by Crippen LogP contribution is -2.29. The SMILES string of the molecule is CC=C(C)C=C/C=C(C)/C=C/C1=C(C)CC(C(=O)O)CC1(C)C. The van der Waals surface area contributed by atoms with Crippen LogP contribution in [0.15, 0.2) is 58.7 Å². The first-order chi connectivity index (χ1) is 10.7. The zero-order valence-corrected chi connectivity index (χ0v) is 15.3. The maximum absolute atomic E-state index is 11.3. The topological polar surface area (TPSA) is 37.3 Å². The molecule has 1 rings (SSSR count). The van der Waals surface area contributed by atoms with Gasteiger partial charge in [0.25, 0.3) is 0 Å². The number of carbonyl (C=O) groups is 1. The van der Waals surface area contributed by atoms with Crippen molar-refractivity contribution in [1.82, 2.24) is 0 Å². The van der Waals surface area contributed by atoms with Crippen molar-refractivity contribution in [1.29, 1.82) is 0 Å². The third kappa shape index (κ3) is 5.70. The molecule has 1 atom stereocenters. The Morgan fingerprint density at radius 3 is 2.39 bits per heavy atom. The number of carboxylic acid groups (broad SMARTS) is 1.